The highest BCUT2D eigenvalue weighted by atomic mass is 16.4. The van der Waals surface area contributed by atoms with Crippen LogP contribution >= 0.6 is 0 Å². The van der Waals surface area contributed by atoms with Crippen LogP contribution in [0.25, 0.3) is 0 Å². The highest BCUT2D eigenvalue weighted by molar-refractivity contribution is 5.22. The highest BCUT2D eigenvalue weighted by Crippen LogP contribution is 2.34. The van der Waals surface area contributed by atoms with E-state index in [4.69, 9.17) is 9.40 Å². The third-order valence-corrected chi connectivity index (χ3v) is 5.48. The van der Waals surface area contributed by atoms with Crippen molar-refractivity contribution in [2.24, 2.45) is 7.05 Å². The Hall–Kier alpha value is -1.62. The third-order valence-electron chi connectivity index (χ3n) is 5.48. The monoisotopic (exact) mass is 314 g/mol. The van der Waals surface area contributed by atoms with E-state index >= 15 is 0 Å². The number of rotatable bonds is 3. The van der Waals surface area contributed by atoms with E-state index in [0.717, 1.165) is 36.9 Å². The van der Waals surface area contributed by atoms with Crippen molar-refractivity contribution in [2.45, 2.75) is 65.0 Å². The van der Waals surface area contributed by atoms with Gasteiger partial charge in [-0.1, -0.05) is 0 Å². The maximum absolute atomic E-state index is 5.79. The molecular formula is C18H26N4O. The summed E-state index contributed by atoms with van der Waals surface area (Å²) in [5, 5.41) is 0. The molecule has 1 saturated heterocycles. The van der Waals surface area contributed by atoms with Crippen molar-refractivity contribution in [3.63, 3.8) is 0 Å². The molecule has 0 radical (unpaired) electrons. The van der Waals surface area contributed by atoms with Crippen LogP contribution in [-0.2, 0) is 26.4 Å². The van der Waals surface area contributed by atoms with E-state index in [1.807, 2.05) is 13.8 Å². The second-order valence-corrected chi connectivity index (χ2v) is 7.01. The van der Waals surface area contributed by atoms with Crippen molar-refractivity contribution in [2.75, 3.05) is 6.54 Å². The Morgan fingerprint density at radius 3 is 2.70 bits per heavy atom. The lowest BCUT2D eigenvalue weighted by Gasteiger charge is -2.23. The molecule has 0 saturated carbocycles. The molecule has 4 rings (SSSR count). The predicted molar refractivity (Wildman–Crippen MR) is 88.2 cm³/mol. The molecule has 2 aliphatic rings. The molecule has 3 heterocycles. The standard InChI is InChI=1S/C18H26N4O/c1-12-13(2)23-17(19-12)11-22-10-6-9-16(22)18-20-14-7-4-5-8-15(14)21(18)3/h16H,4-11H2,1-3H3/t16-/m0/s1. The predicted octanol–water partition coefficient (Wildman–Crippen LogP) is 3.24. The van der Waals surface area contributed by atoms with Gasteiger partial charge in [0.2, 0.25) is 5.89 Å². The average molecular weight is 314 g/mol. The molecule has 2 aromatic heterocycles. The molecule has 2 aromatic rings. The van der Waals surface area contributed by atoms with E-state index < -0.39 is 0 Å². The summed E-state index contributed by atoms with van der Waals surface area (Å²) in [6.07, 6.45) is 7.32. The summed E-state index contributed by atoms with van der Waals surface area (Å²) >= 11 is 0. The summed E-state index contributed by atoms with van der Waals surface area (Å²) in [6, 6.07) is 0.401. The number of nitrogens with zero attached hydrogens (tertiary/aromatic N) is 4. The Kier molecular flexibility index (Phi) is 3.76. The van der Waals surface area contributed by atoms with E-state index in [-0.39, 0.29) is 0 Å². The van der Waals surface area contributed by atoms with Crippen LogP contribution in [0.3, 0.4) is 0 Å². The number of aromatic nitrogens is 3. The molecule has 1 fully saturated rings. The zero-order valence-electron chi connectivity index (χ0n) is 14.4. The van der Waals surface area contributed by atoms with E-state index in [1.54, 1.807) is 0 Å². The van der Waals surface area contributed by atoms with Crippen LogP contribution in [0.4, 0.5) is 0 Å². The van der Waals surface area contributed by atoms with E-state index in [9.17, 15) is 0 Å². The maximum Gasteiger partial charge on any atom is 0.208 e. The molecule has 124 valence electrons. The van der Waals surface area contributed by atoms with Gasteiger partial charge in [-0.25, -0.2) is 9.97 Å². The molecule has 0 N–H and O–H groups in total. The zero-order valence-corrected chi connectivity index (χ0v) is 14.4. The summed E-state index contributed by atoms with van der Waals surface area (Å²) in [6.45, 7) is 5.89. The lowest BCUT2D eigenvalue weighted by atomic mass is 10.0. The molecule has 5 nitrogen and oxygen atoms in total. The zero-order chi connectivity index (χ0) is 16.0. The number of oxazole rings is 1. The van der Waals surface area contributed by atoms with Crippen LogP contribution in [0.5, 0.6) is 0 Å². The Morgan fingerprint density at radius 1 is 1.13 bits per heavy atom. The van der Waals surface area contributed by atoms with Gasteiger partial charge in [0.05, 0.1) is 24.0 Å². The molecule has 0 amide bonds. The fraction of sp³-hybridized carbons (Fsp3) is 0.667. The average Bonchev–Trinajstić information content (AvgIpc) is 3.20. The molecule has 0 unspecified atom stereocenters. The number of fused-ring (bicyclic) bond motifs is 1. The topological polar surface area (TPSA) is 47.1 Å². The quantitative estimate of drug-likeness (QED) is 0.872. The molecule has 0 bridgehead atoms. The first kappa shape index (κ1) is 14.9. The van der Waals surface area contributed by atoms with Gasteiger partial charge in [-0.2, -0.15) is 0 Å². The number of hydrogen-bond donors (Lipinski definition) is 0. The third kappa shape index (κ3) is 2.61. The first-order chi connectivity index (χ1) is 11.1. The van der Waals surface area contributed by atoms with Gasteiger partial charge in [-0.3, -0.25) is 4.90 Å². The number of hydrogen-bond acceptors (Lipinski definition) is 4. The molecule has 1 aliphatic carbocycles. The molecule has 0 aromatic carbocycles. The maximum atomic E-state index is 5.79. The summed E-state index contributed by atoms with van der Waals surface area (Å²) in [5.41, 5.74) is 3.80. The second-order valence-electron chi connectivity index (χ2n) is 7.01. The van der Waals surface area contributed by atoms with Crippen molar-refractivity contribution in [1.29, 1.82) is 0 Å². The fourth-order valence-electron chi connectivity index (χ4n) is 4.09. The number of aryl methyl sites for hydroxylation is 3. The normalized spacial score (nSPS) is 21.8. The van der Waals surface area contributed by atoms with Crippen molar-refractivity contribution in [1.82, 2.24) is 19.4 Å². The van der Waals surface area contributed by atoms with Gasteiger partial charge in [0.25, 0.3) is 0 Å². The van der Waals surface area contributed by atoms with E-state index in [1.165, 1.54) is 49.3 Å². The van der Waals surface area contributed by atoms with Crippen molar-refractivity contribution >= 4 is 0 Å². The first-order valence-electron chi connectivity index (χ1n) is 8.85. The Bertz CT molecular complexity index is 695. The molecule has 23 heavy (non-hydrogen) atoms. The van der Waals surface area contributed by atoms with Gasteiger partial charge in [0, 0.05) is 12.7 Å². The summed E-state index contributed by atoms with van der Waals surface area (Å²) in [5.74, 6) is 3.02. The highest BCUT2D eigenvalue weighted by Gasteiger charge is 2.32. The second kappa shape index (κ2) is 5.78. The van der Waals surface area contributed by atoms with Crippen LogP contribution < -0.4 is 0 Å². The summed E-state index contributed by atoms with van der Waals surface area (Å²) in [4.78, 5) is 12.1. The SMILES string of the molecule is Cc1nc(CN2CCC[C@H]2c2nc3c(n2C)CCCC3)oc1C. The minimum Gasteiger partial charge on any atom is -0.444 e. The largest absolute Gasteiger partial charge is 0.444 e. The first-order valence-corrected chi connectivity index (χ1v) is 8.85. The van der Waals surface area contributed by atoms with Crippen molar-refractivity contribution in [3.05, 3.63) is 34.6 Å². The van der Waals surface area contributed by atoms with Gasteiger partial charge in [0.15, 0.2) is 0 Å². The van der Waals surface area contributed by atoms with Gasteiger partial charge in [-0.05, 0) is 58.9 Å². The summed E-state index contributed by atoms with van der Waals surface area (Å²) < 4.78 is 8.16. The van der Waals surface area contributed by atoms with Gasteiger partial charge < -0.3 is 8.98 Å². The van der Waals surface area contributed by atoms with E-state index in [0.29, 0.717) is 6.04 Å². The fourth-order valence-corrected chi connectivity index (χ4v) is 4.09. The van der Waals surface area contributed by atoms with Crippen LogP contribution in [0.1, 0.15) is 66.3 Å². The molecule has 5 heteroatoms. The van der Waals surface area contributed by atoms with Crippen LogP contribution in [-0.4, -0.2) is 26.0 Å². The molecule has 0 spiro atoms. The van der Waals surface area contributed by atoms with Crippen LogP contribution in [0.2, 0.25) is 0 Å². The van der Waals surface area contributed by atoms with Crippen molar-refractivity contribution < 1.29 is 4.42 Å². The Morgan fingerprint density at radius 2 is 1.96 bits per heavy atom. The lowest BCUT2D eigenvalue weighted by Crippen LogP contribution is -2.25. The number of likely N-dealkylation sites (tertiary alicyclic amines) is 1. The van der Waals surface area contributed by atoms with Crippen LogP contribution in [0, 0.1) is 13.8 Å². The molecular weight excluding hydrogens is 288 g/mol. The summed E-state index contributed by atoms with van der Waals surface area (Å²) in [7, 11) is 2.20. The molecule has 1 aliphatic heterocycles. The minimum atomic E-state index is 0.401. The van der Waals surface area contributed by atoms with Gasteiger partial charge >= 0.3 is 0 Å². The smallest absolute Gasteiger partial charge is 0.208 e. The Balaban J connectivity index is 1.59. The van der Waals surface area contributed by atoms with Crippen molar-refractivity contribution in [3.8, 4) is 0 Å². The Labute approximate surface area is 137 Å². The van der Waals surface area contributed by atoms with Gasteiger partial charge in [0.1, 0.15) is 11.6 Å². The minimum absolute atomic E-state index is 0.401. The number of imidazole rings is 1. The molecule has 1 atom stereocenters. The van der Waals surface area contributed by atoms with E-state index in [2.05, 4.69) is 21.5 Å². The van der Waals surface area contributed by atoms with Crippen LogP contribution in [0.15, 0.2) is 4.42 Å². The van der Waals surface area contributed by atoms with Gasteiger partial charge in [-0.15, -0.1) is 0 Å². The lowest BCUT2D eigenvalue weighted by molar-refractivity contribution is 0.212.